The first-order chi connectivity index (χ1) is 21.9. The number of imide groups is 1. The summed E-state index contributed by atoms with van der Waals surface area (Å²) in [6, 6.07) is 19.0. The molecule has 45 heavy (non-hydrogen) atoms. The molecule has 0 aliphatic carbocycles. The summed E-state index contributed by atoms with van der Waals surface area (Å²) in [6.07, 6.45) is 3.92. The largest absolute Gasteiger partial charge is 0.490 e. The van der Waals surface area contributed by atoms with Crippen LogP contribution in [-0.4, -0.2) is 61.4 Å². The molecule has 0 saturated carbocycles. The number of thioether (sulfide) groups is 1. The van der Waals surface area contributed by atoms with Crippen LogP contribution in [0, 0.1) is 0 Å². The molecule has 0 aromatic heterocycles. The Morgan fingerprint density at radius 1 is 1.09 bits per heavy atom. The molecule has 2 aliphatic rings. The minimum atomic E-state index is -0.527. The van der Waals surface area contributed by atoms with Gasteiger partial charge in [-0.1, -0.05) is 46.3 Å². The van der Waals surface area contributed by atoms with Gasteiger partial charge in [0.2, 0.25) is 5.91 Å². The van der Waals surface area contributed by atoms with Crippen molar-refractivity contribution < 1.29 is 28.6 Å². The van der Waals surface area contributed by atoms with Crippen molar-refractivity contribution in [2.75, 3.05) is 49.7 Å². The number of allylic oxidation sites excluding steroid dienone is 1. The number of rotatable bonds is 12. The molecule has 2 heterocycles. The van der Waals surface area contributed by atoms with Crippen molar-refractivity contribution in [2.45, 2.75) is 20.0 Å². The van der Waals surface area contributed by atoms with Crippen molar-refractivity contribution in [3.63, 3.8) is 0 Å². The van der Waals surface area contributed by atoms with Crippen molar-refractivity contribution in [3.8, 4) is 11.5 Å². The van der Waals surface area contributed by atoms with E-state index in [2.05, 4.69) is 32.7 Å². The summed E-state index contributed by atoms with van der Waals surface area (Å²) < 4.78 is 18.6. The molecule has 3 amide bonds. The first-order valence-electron chi connectivity index (χ1n) is 14.6. The second kappa shape index (κ2) is 15.3. The van der Waals surface area contributed by atoms with Crippen LogP contribution in [0.3, 0.4) is 0 Å². The molecule has 0 atom stereocenters. The summed E-state index contributed by atoms with van der Waals surface area (Å²) in [5.74, 6) is 0.135. The smallest absolute Gasteiger partial charge is 0.294 e. The minimum Gasteiger partial charge on any atom is -0.490 e. The number of benzene rings is 3. The molecule has 234 valence electrons. The summed E-state index contributed by atoms with van der Waals surface area (Å²) in [5, 5.41) is 2.37. The number of halogens is 1. The number of morpholine rings is 1. The molecule has 0 radical (unpaired) electrons. The first kappa shape index (κ1) is 32.3. The standard InChI is InChI=1S/C34H34BrN3O6S/c1-3-7-25-18-24(19-29(43-4-2)32(25)44-22-23-10-12-26(35)13-11-23)20-30-33(40)38(34(41)45-30)21-31(39)36-27-8-5-6-9-28(27)37-14-16-42-17-15-37/h3,5-6,8-13,18-20H,1,4,7,14-17,21-22H2,2H3,(H,36,39)/b30-20-. The van der Waals surface area contributed by atoms with Gasteiger partial charge in [-0.3, -0.25) is 19.3 Å². The molecule has 0 bridgehead atoms. The Morgan fingerprint density at radius 3 is 2.58 bits per heavy atom. The summed E-state index contributed by atoms with van der Waals surface area (Å²) >= 11 is 4.25. The maximum absolute atomic E-state index is 13.3. The number of carbonyl (C=O) groups is 3. The zero-order chi connectivity index (χ0) is 31.8. The predicted octanol–water partition coefficient (Wildman–Crippen LogP) is 6.67. The highest BCUT2D eigenvalue weighted by molar-refractivity contribution is 9.10. The lowest BCUT2D eigenvalue weighted by Gasteiger charge is -2.30. The third-order valence-electron chi connectivity index (χ3n) is 7.12. The fourth-order valence-electron chi connectivity index (χ4n) is 5.02. The van der Waals surface area contributed by atoms with E-state index in [-0.39, 0.29) is 4.91 Å². The van der Waals surface area contributed by atoms with Crippen molar-refractivity contribution in [2.24, 2.45) is 0 Å². The Bertz CT molecular complexity index is 1600. The third-order valence-corrected chi connectivity index (χ3v) is 8.55. The molecule has 9 nitrogen and oxygen atoms in total. The lowest BCUT2D eigenvalue weighted by molar-refractivity contribution is -0.127. The maximum atomic E-state index is 13.3. The van der Waals surface area contributed by atoms with Gasteiger partial charge >= 0.3 is 0 Å². The number of anilines is 2. The van der Waals surface area contributed by atoms with E-state index in [4.69, 9.17) is 14.2 Å². The number of amides is 3. The molecule has 11 heteroatoms. The zero-order valence-corrected chi connectivity index (χ0v) is 27.3. The Morgan fingerprint density at radius 2 is 1.84 bits per heavy atom. The third kappa shape index (κ3) is 8.16. The monoisotopic (exact) mass is 691 g/mol. The van der Waals surface area contributed by atoms with Gasteiger partial charge in [-0.05, 0) is 78.7 Å². The van der Waals surface area contributed by atoms with Crippen molar-refractivity contribution >= 4 is 62.2 Å². The van der Waals surface area contributed by atoms with Gasteiger partial charge in [0.15, 0.2) is 11.5 Å². The highest BCUT2D eigenvalue weighted by Crippen LogP contribution is 2.38. The molecule has 5 rings (SSSR count). The molecule has 2 aliphatic heterocycles. The molecule has 2 fully saturated rings. The predicted molar refractivity (Wildman–Crippen MR) is 181 cm³/mol. The summed E-state index contributed by atoms with van der Waals surface area (Å²) in [6.45, 7) is 8.75. The fraction of sp³-hybridized carbons (Fsp3) is 0.265. The van der Waals surface area contributed by atoms with Gasteiger partial charge < -0.3 is 24.4 Å². The number of hydrogen-bond donors (Lipinski definition) is 1. The number of carbonyl (C=O) groups excluding carboxylic acids is 3. The summed E-state index contributed by atoms with van der Waals surface area (Å²) in [7, 11) is 0. The second-order valence-electron chi connectivity index (χ2n) is 10.3. The highest BCUT2D eigenvalue weighted by atomic mass is 79.9. The minimum absolute atomic E-state index is 0.219. The van der Waals surface area contributed by atoms with E-state index in [1.807, 2.05) is 55.5 Å². The molecule has 0 unspecified atom stereocenters. The van der Waals surface area contributed by atoms with Crippen LogP contribution in [0.4, 0.5) is 16.2 Å². The van der Waals surface area contributed by atoms with Crippen LogP contribution in [0.5, 0.6) is 11.5 Å². The van der Waals surface area contributed by atoms with E-state index in [0.717, 1.165) is 37.9 Å². The van der Waals surface area contributed by atoms with Crippen LogP contribution in [0.25, 0.3) is 6.08 Å². The maximum Gasteiger partial charge on any atom is 0.294 e. The van der Waals surface area contributed by atoms with E-state index in [9.17, 15) is 14.4 Å². The molecule has 0 spiro atoms. The number of nitrogens with one attached hydrogen (secondary N) is 1. The van der Waals surface area contributed by atoms with E-state index < -0.39 is 23.6 Å². The quantitative estimate of drug-likeness (QED) is 0.166. The molecule has 2 saturated heterocycles. The van der Waals surface area contributed by atoms with Crippen LogP contribution >= 0.6 is 27.7 Å². The van der Waals surface area contributed by atoms with Crippen molar-refractivity contribution in [3.05, 3.63) is 99.4 Å². The molecule has 1 N–H and O–H groups in total. The topological polar surface area (TPSA) is 97.4 Å². The highest BCUT2D eigenvalue weighted by Gasteiger charge is 2.36. The Balaban J connectivity index is 1.32. The summed E-state index contributed by atoms with van der Waals surface area (Å²) in [5.41, 5.74) is 3.98. The summed E-state index contributed by atoms with van der Waals surface area (Å²) in [4.78, 5) is 42.6. The normalized spacial score (nSPS) is 15.8. The van der Waals surface area contributed by atoms with Gasteiger partial charge in [-0.2, -0.15) is 0 Å². The lowest BCUT2D eigenvalue weighted by atomic mass is 10.0. The van der Waals surface area contributed by atoms with Crippen LogP contribution < -0.4 is 19.7 Å². The Kier molecular flexibility index (Phi) is 11.0. The Labute approximate surface area is 275 Å². The lowest BCUT2D eigenvalue weighted by Crippen LogP contribution is -2.38. The van der Waals surface area contributed by atoms with E-state index in [1.54, 1.807) is 24.3 Å². The van der Waals surface area contributed by atoms with E-state index >= 15 is 0 Å². The van der Waals surface area contributed by atoms with E-state index in [1.165, 1.54) is 0 Å². The molecule has 3 aromatic carbocycles. The number of ether oxygens (including phenoxy) is 3. The van der Waals surface area contributed by atoms with Gasteiger partial charge in [0, 0.05) is 23.1 Å². The molecule has 3 aromatic rings. The molecular formula is C34H34BrN3O6S. The Hall–Kier alpha value is -4.06. The van der Waals surface area contributed by atoms with Gasteiger partial charge in [0.25, 0.3) is 11.1 Å². The average Bonchev–Trinajstić information content (AvgIpc) is 3.29. The van der Waals surface area contributed by atoms with Gasteiger partial charge in [-0.25, -0.2) is 0 Å². The van der Waals surface area contributed by atoms with Crippen LogP contribution in [0.2, 0.25) is 0 Å². The number of hydrogen-bond acceptors (Lipinski definition) is 8. The van der Waals surface area contributed by atoms with Gasteiger partial charge in [-0.15, -0.1) is 6.58 Å². The zero-order valence-electron chi connectivity index (χ0n) is 24.9. The SMILES string of the molecule is C=CCc1cc(/C=C2\SC(=O)N(CC(=O)Nc3ccccc3N3CCOCC3)C2=O)cc(OCC)c1OCc1ccc(Br)cc1. The fourth-order valence-corrected chi connectivity index (χ4v) is 6.12. The number of para-hydroxylation sites is 2. The van der Waals surface area contributed by atoms with Gasteiger partial charge in [0.1, 0.15) is 13.2 Å². The van der Waals surface area contributed by atoms with Gasteiger partial charge in [0.05, 0.1) is 36.1 Å². The second-order valence-corrected chi connectivity index (χ2v) is 12.2. The van der Waals surface area contributed by atoms with Crippen molar-refractivity contribution in [1.82, 2.24) is 4.90 Å². The van der Waals surface area contributed by atoms with Crippen LogP contribution in [-0.2, 0) is 27.4 Å². The van der Waals surface area contributed by atoms with Crippen molar-refractivity contribution in [1.29, 1.82) is 0 Å². The van der Waals surface area contributed by atoms with Crippen LogP contribution in [0.1, 0.15) is 23.6 Å². The van der Waals surface area contributed by atoms with E-state index in [0.29, 0.717) is 68.7 Å². The number of nitrogens with zero attached hydrogens (tertiary/aromatic N) is 2. The van der Waals surface area contributed by atoms with Crippen LogP contribution in [0.15, 0.2) is 82.7 Å². The first-order valence-corrected chi connectivity index (χ1v) is 16.2. The molecular weight excluding hydrogens is 658 g/mol. The average molecular weight is 693 g/mol.